The fourth-order valence-electron chi connectivity index (χ4n) is 6.16. The standard InChI is InChI=1S/C30H41F5O7/c1-2-3-4-5-18-12-36-28(37-13-18)20-16-40-29(41-17-20)21-14-38-27(39-15-21)19-6-8-22(9-7-19)30(34,35)42-23-10-24(31)26(33)25(32)11-23/h10-11,18-22,27-29H,2-9,12-17H2,1H3. The molecule has 0 N–H and O–H groups in total. The average molecular weight is 609 g/mol. The van der Waals surface area contributed by atoms with Crippen LogP contribution in [0, 0.1) is 47.0 Å². The molecule has 1 aliphatic carbocycles. The van der Waals surface area contributed by atoms with E-state index in [1.54, 1.807) is 0 Å². The Balaban J connectivity index is 0.995. The van der Waals surface area contributed by atoms with Gasteiger partial charge in [0.15, 0.2) is 36.3 Å². The molecule has 0 unspecified atom stereocenters. The number of halogens is 5. The Morgan fingerprint density at radius 2 is 1.17 bits per heavy atom. The van der Waals surface area contributed by atoms with Gasteiger partial charge in [-0.15, -0.1) is 0 Å². The van der Waals surface area contributed by atoms with Crippen LogP contribution in [-0.2, 0) is 28.4 Å². The first-order valence-electron chi connectivity index (χ1n) is 15.1. The number of unbranched alkanes of at least 4 members (excludes halogenated alkanes) is 2. The smallest absolute Gasteiger partial charge is 0.400 e. The molecule has 0 spiro atoms. The topological polar surface area (TPSA) is 64.6 Å². The predicted octanol–water partition coefficient (Wildman–Crippen LogP) is 6.43. The fourth-order valence-corrected chi connectivity index (χ4v) is 6.16. The highest BCUT2D eigenvalue weighted by Crippen LogP contribution is 2.42. The van der Waals surface area contributed by atoms with E-state index >= 15 is 0 Å². The molecule has 238 valence electrons. The van der Waals surface area contributed by atoms with E-state index < -0.39 is 47.8 Å². The monoisotopic (exact) mass is 608 g/mol. The molecule has 0 bridgehead atoms. The minimum atomic E-state index is -3.67. The Morgan fingerprint density at radius 1 is 0.690 bits per heavy atom. The molecule has 1 aromatic rings. The van der Waals surface area contributed by atoms with Gasteiger partial charge in [0.2, 0.25) is 0 Å². The highest BCUT2D eigenvalue weighted by atomic mass is 19.3. The lowest BCUT2D eigenvalue weighted by atomic mass is 9.80. The summed E-state index contributed by atoms with van der Waals surface area (Å²) in [7, 11) is 0. The zero-order valence-electron chi connectivity index (χ0n) is 23.9. The second-order valence-corrected chi connectivity index (χ2v) is 12.0. The first kappa shape index (κ1) is 31.8. The van der Waals surface area contributed by atoms with Crippen molar-refractivity contribution in [1.82, 2.24) is 0 Å². The van der Waals surface area contributed by atoms with Crippen molar-refractivity contribution < 1.29 is 55.1 Å². The van der Waals surface area contributed by atoms with Gasteiger partial charge in [-0.25, -0.2) is 13.2 Å². The lowest BCUT2D eigenvalue weighted by molar-refractivity contribution is -0.315. The van der Waals surface area contributed by atoms with Crippen LogP contribution in [0.1, 0.15) is 58.3 Å². The quantitative estimate of drug-likeness (QED) is 0.172. The number of ether oxygens (including phenoxy) is 7. The summed E-state index contributed by atoms with van der Waals surface area (Å²) in [5, 5.41) is 0. The lowest BCUT2D eigenvalue weighted by Crippen LogP contribution is -2.49. The summed E-state index contributed by atoms with van der Waals surface area (Å²) >= 11 is 0. The van der Waals surface area contributed by atoms with Gasteiger partial charge in [0.25, 0.3) is 0 Å². The minimum Gasteiger partial charge on any atom is -0.432 e. The van der Waals surface area contributed by atoms with E-state index in [0.717, 1.165) is 6.42 Å². The van der Waals surface area contributed by atoms with E-state index in [0.29, 0.717) is 70.5 Å². The van der Waals surface area contributed by atoms with Crippen LogP contribution in [0.4, 0.5) is 22.0 Å². The van der Waals surface area contributed by atoms with Gasteiger partial charge in [0.1, 0.15) is 5.75 Å². The van der Waals surface area contributed by atoms with Crippen LogP contribution >= 0.6 is 0 Å². The molecule has 4 aliphatic rings. The van der Waals surface area contributed by atoms with Crippen molar-refractivity contribution in [1.29, 1.82) is 0 Å². The summed E-state index contributed by atoms with van der Waals surface area (Å²) in [6, 6.07) is 0.833. The van der Waals surface area contributed by atoms with Gasteiger partial charge >= 0.3 is 6.11 Å². The first-order valence-corrected chi connectivity index (χ1v) is 15.1. The second-order valence-electron chi connectivity index (χ2n) is 12.0. The van der Waals surface area contributed by atoms with Crippen LogP contribution in [0.5, 0.6) is 5.75 Å². The first-order chi connectivity index (χ1) is 20.2. The lowest BCUT2D eigenvalue weighted by Gasteiger charge is -2.42. The zero-order valence-corrected chi connectivity index (χ0v) is 23.9. The van der Waals surface area contributed by atoms with Gasteiger partial charge in [0, 0.05) is 24.0 Å². The molecule has 3 aliphatic heterocycles. The number of rotatable bonds is 10. The maximum atomic E-state index is 14.7. The van der Waals surface area contributed by atoms with E-state index in [-0.39, 0.29) is 36.9 Å². The second kappa shape index (κ2) is 14.5. The molecular weight excluding hydrogens is 567 g/mol. The average Bonchev–Trinajstić information content (AvgIpc) is 3.00. The zero-order chi connectivity index (χ0) is 29.7. The van der Waals surface area contributed by atoms with E-state index in [2.05, 4.69) is 11.7 Å². The third-order valence-electron chi connectivity index (χ3n) is 8.72. The van der Waals surface area contributed by atoms with Crippen molar-refractivity contribution >= 4 is 0 Å². The fraction of sp³-hybridized carbons (Fsp3) is 0.800. The summed E-state index contributed by atoms with van der Waals surface area (Å²) < 4.78 is 110. The predicted molar refractivity (Wildman–Crippen MR) is 139 cm³/mol. The van der Waals surface area contributed by atoms with Crippen molar-refractivity contribution in [3.05, 3.63) is 29.6 Å². The molecule has 0 amide bonds. The summed E-state index contributed by atoms with van der Waals surface area (Å²) in [5.74, 6) is -6.60. The van der Waals surface area contributed by atoms with Crippen molar-refractivity contribution in [2.45, 2.75) is 83.3 Å². The summed E-state index contributed by atoms with van der Waals surface area (Å²) in [6.45, 7) is 5.20. The van der Waals surface area contributed by atoms with Gasteiger partial charge < -0.3 is 33.2 Å². The molecule has 0 aromatic heterocycles. The van der Waals surface area contributed by atoms with Gasteiger partial charge in [-0.1, -0.05) is 26.2 Å². The molecule has 42 heavy (non-hydrogen) atoms. The van der Waals surface area contributed by atoms with Gasteiger partial charge in [-0.2, -0.15) is 8.78 Å². The Bertz CT molecular complexity index is 961. The maximum Gasteiger partial charge on any atom is 0.400 e. The molecule has 3 saturated heterocycles. The Hall–Kier alpha value is -1.57. The maximum absolute atomic E-state index is 14.7. The molecule has 4 fully saturated rings. The third kappa shape index (κ3) is 7.92. The van der Waals surface area contributed by atoms with Crippen LogP contribution in [0.25, 0.3) is 0 Å². The molecular formula is C30H41F5O7. The minimum absolute atomic E-state index is 0.00517. The molecule has 12 heteroatoms. The number of alkyl halides is 2. The Kier molecular flexibility index (Phi) is 11.0. The number of hydrogen-bond acceptors (Lipinski definition) is 7. The van der Waals surface area contributed by atoms with E-state index in [9.17, 15) is 22.0 Å². The SMILES string of the molecule is CCCCCC1COC(C2COC(C3COC(C4CCC(C(F)(F)Oc5cc(F)c(F)c(F)c5)CC4)OC3)OC2)OC1. The van der Waals surface area contributed by atoms with Crippen molar-refractivity contribution in [2.75, 3.05) is 39.6 Å². The van der Waals surface area contributed by atoms with E-state index in [4.69, 9.17) is 28.4 Å². The number of benzene rings is 1. The summed E-state index contributed by atoms with van der Waals surface area (Å²) in [6.07, 6.45) is 0.770. The Labute approximate surface area is 243 Å². The van der Waals surface area contributed by atoms with Gasteiger partial charge in [0.05, 0.1) is 57.4 Å². The van der Waals surface area contributed by atoms with Crippen molar-refractivity contribution in [3.63, 3.8) is 0 Å². The van der Waals surface area contributed by atoms with Crippen LogP contribution in [0.15, 0.2) is 12.1 Å². The molecule has 7 nitrogen and oxygen atoms in total. The largest absolute Gasteiger partial charge is 0.432 e. The third-order valence-corrected chi connectivity index (χ3v) is 8.72. The van der Waals surface area contributed by atoms with Crippen molar-refractivity contribution in [3.8, 4) is 5.75 Å². The van der Waals surface area contributed by atoms with E-state index in [1.807, 2.05) is 0 Å². The van der Waals surface area contributed by atoms with Crippen LogP contribution in [-0.4, -0.2) is 64.6 Å². The van der Waals surface area contributed by atoms with Crippen LogP contribution < -0.4 is 4.74 Å². The molecule has 0 atom stereocenters. The van der Waals surface area contributed by atoms with E-state index in [1.165, 1.54) is 19.3 Å². The molecule has 3 heterocycles. The molecule has 1 aromatic carbocycles. The molecule has 1 saturated carbocycles. The van der Waals surface area contributed by atoms with Gasteiger partial charge in [-0.05, 0) is 32.1 Å². The van der Waals surface area contributed by atoms with Crippen molar-refractivity contribution in [2.24, 2.45) is 29.6 Å². The highest BCUT2D eigenvalue weighted by Gasteiger charge is 2.46. The molecule has 0 radical (unpaired) electrons. The summed E-state index contributed by atoms with van der Waals surface area (Å²) in [4.78, 5) is 0. The summed E-state index contributed by atoms with van der Waals surface area (Å²) in [5.41, 5.74) is 0. The Morgan fingerprint density at radius 3 is 1.67 bits per heavy atom. The highest BCUT2D eigenvalue weighted by molar-refractivity contribution is 5.25. The molecule has 5 rings (SSSR count). The van der Waals surface area contributed by atoms with Crippen LogP contribution in [0.3, 0.4) is 0 Å². The van der Waals surface area contributed by atoms with Crippen LogP contribution in [0.2, 0.25) is 0 Å². The number of hydrogen-bond donors (Lipinski definition) is 0. The van der Waals surface area contributed by atoms with Gasteiger partial charge in [-0.3, -0.25) is 0 Å². The normalized spacial score (nSPS) is 34.7.